The zero-order valence-corrected chi connectivity index (χ0v) is 12.4. The lowest BCUT2D eigenvalue weighted by molar-refractivity contribution is 0.0954. The Morgan fingerprint density at radius 2 is 2.15 bits per heavy atom. The molecule has 1 atom stereocenters. The summed E-state index contributed by atoms with van der Waals surface area (Å²) in [6.07, 6.45) is 5.05. The Hall–Kier alpha value is -1.79. The van der Waals surface area contributed by atoms with E-state index in [2.05, 4.69) is 20.6 Å². The molecule has 0 aliphatic carbocycles. The molecule has 0 aliphatic rings. The van der Waals surface area contributed by atoms with Crippen LogP contribution in [-0.2, 0) is 0 Å². The third-order valence-electron chi connectivity index (χ3n) is 2.78. The van der Waals surface area contributed by atoms with E-state index in [9.17, 15) is 4.79 Å². The molecule has 5 nitrogen and oxygen atoms in total. The van der Waals surface area contributed by atoms with Gasteiger partial charge in [-0.2, -0.15) is 0 Å². The van der Waals surface area contributed by atoms with E-state index < -0.39 is 0 Å². The number of nitrogens with zero attached hydrogens (tertiary/aromatic N) is 2. The number of rotatable bonds is 6. The van der Waals surface area contributed by atoms with Gasteiger partial charge in [0, 0.05) is 30.5 Å². The summed E-state index contributed by atoms with van der Waals surface area (Å²) in [4.78, 5) is 20.9. The summed E-state index contributed by atoms with van der Waals surface area (Å²) in [5.41, 5.74) is 0.977. The summed E-state index contributed by atoms with van der Waals surface area (Å²) >= 11 is 1.39. The van der Waals surface area contributed by atoms with Crippen molar-refractivity contribution in [2.24, 2.45) is 0 Å². The van der Waals surface area contributed by atoms with Crippen LogP contribution in [0.4, 0.5) is 0 Å². The summed E-state index contributed by atoms with van der Waals surface area (Å²) < 4.78 is 0. The fourth-order valence-electron chi connectivity index (χ4n) is 1.76. The molecular formula is C14H18N4OS. The van der Waals surface area contributed by atoms with E-state index in [4.69, 9.17) is 0 Å². The van der Waals surface area contributed by atoms with Crippen molar-refractivity contribution in [3.05, 3.63) is 35.6 Å². The van der Waals surface area contributed by atoms with Crippen molar-refractivity contribution in [3.8, 4) is 10.6 Å². The second-order valence-corrected chi connectivity index (χ2v) is 5.46. The van der Waals surface area contributed by atoms with Crippen LogP contribution in [0.3, 0.4) is 0 Å². The molecule has 0 spiro atoms. The summed E-state index contributed by atoms with van der Waals surface area (Å²) in [6.45, 7) is 5.58. The van der Waals surface area contributed by atoms with Crippen molar-refractivity contribution in [1.82, 2.24) is 20.6 Å². The maximum absolute atomic E-state index is 12.0. The first-order chi connectivity index (χ1) is 9.70. The zero-order valence-electron chi connectivity index (χ0n) is 11.6. The van der Waals surface area contributed by atoms with E-state index in [0.717, 1.165) is 17.1 Å². The Bertz CT molecular complexity index is 555. The van der Waals surface area contributed by atoms with Crippen molar-refractivity contribution >= 4 is 17.2 Å². The fraction of sp³-hybridized carbons (Fsp3) is 0.357. The van der Waals surface area contributed by atoms with Gasteiger partial charge in [0.15, 0.2) is 0 Å². The van der Waals surface area contributed by atoms with Gasteiger partial charge in [0.1, 0.15) is 9.88 Å². The average Bonchev–Trinajstić information content (AvgIpc) is 2.96. The molecule has 2 aromatic heterocycles. The molecule has 2 aromatic rings. The molecule has 0 saturated heterocycles. The maximum Gasteiger partial charge on any atom is 0.263 e. The van der Waals surface area contributed by atoms with Gasteiger partial charge in [-0.05, 0) is 25.6 Å². The third kappa shape index (κ3) is 3.85. The lowest BCUT2D eigenvalue weighted by atomic mass is 10.3. The van der Waals surface area contributed by atoms with Crippen molar-refractivity contribution in [1.29, 1.82) is 0 Å². The molecule has 0 fully saturated rings. The summed E-state index contributed by atoms with van der Waals surface area (Å²) in [7, 11) is 0. The molecule has 0 saturated carbocycles. The Labute approximate surface area is 122 Å². The van der Waals surface area contributed by atoms with Crippen molar-refractivity contribution < 1.29 is 4.79 Å². The monoisotopic (exact) mass is 290 g/mol. The van der Waals surface area contributed by atoms with Crippen LogP contribution in [0, 0.1) is 0 Å². The topological polar surface area (TPSA) is 66.9 Å². The molecule has 0 aromatic carbocycles. The predicted octanol–water partition coefficient (Wildman–Crippen LogP) is 1.93. The van der Waals surface area contributed by atoms with Crippen LogP contribution < -0.4 is 10.6 Å². The van der Waals surface area contributed by atoms with E-state index >= 15 is 0 Å². The number of hydrogen-bond donors (Lipinski definition) is 2. The number of nitrogens with one attached hydrogen (secondary N) is 2. The standard InChI is InChI=1S/C14H18N4OS/c1-3-16-10(2)8-17-13(19)12-9-18-14(20-12)11-4-6-15-7-5-11/h4-7,9-10,16H,3,8H2,1-2H3,(H,17,19)/t10-/m1/s1. The molecule has 0 radical (unpaired) electrons. The molecule has 2 heterocycles. The number of amides is 1. The number of likely N-dealkylation sites (N-methyl/N-ethyl adjacent to an activating group) is 1. The van der Waals surface area contributed by atoms with E-state index in [1.54, 1.807) is 18.6 Å². The fourth-order valence-corrected chi connectivity index (χ4v) is 2.60. The average molecular weight is 290 g/mol. The molecule has 2 N–H and O–H groups in total. The number of hydrogen-bond acceptors (Lipinski definition) is 5. The Morgan fingerprint density at radius 3 is 2.85 bits per heavy atom. The lowest BCUT2D eigenvalue weighted by Gasteiger charge is -2.12. The SMILES string of the molecule is CCN[C@H](C)CNC(=O)c1cnc(-c2ccncc2)s1. The molecule has 20 heavy (non-hydrogen) atoms. The molecule has 0 aliphatic heterocycles. The number of carbonyl (C=O) groups excluding carboxylic acids is 1. The number of thiazole rings is 1. The van der Waals surface area contributed by atoms with Gasteiger partial charge in [-0.1, -0.05) is 6.92 Å². The lowest BCUT2D eigenvalue weighted by Crippen LogP contribution is -2.38. The molecule has 0 bridgehead atoms. The van der Waals surface area contributed by atoms with E-state index in [1.165, 1.54) is 11.3 Å². The van der Waals surface area contributed by atoms with Gasteiger partial charge in [-0.3, -0.25) is 9.78 Å². The van der Waals surface area contributed by atoms with Gasteiger partial charge in [0.2, 0.25) is 0 Å². The highest BCUT2D eigenvalue weighted by Crippen LogP contribution is 2.24. The Kier molecular flexibility index (Phi) is 5.20. The van der Waals surface area contributed by atoms with Crippen molar-refractivity contribution in [2.45, 2.75) is 19.9 Å². The van der Waals surface area contributed by atoms with Crippen molar-refractivity contribution in [3.63, 3.8) is 0 Å². The minimum absolute atomic E-state index is 0.0763. The van der Waals surface area contributed by atoms with Gasteiger partial charge in [-0.15, -0.1) is 11.3 Å². The van der Waals surface area contributed by atoms with Gasteiger partial charge in [0.05, 0.1) is 6.20 Å². The highest BCUT2D eigenvalue weighted by atomic mass is 32.1. The number of aromatic nitrogens is 2. The third-order valence-corrected chi connectivity index (χ3v) is 3.82. The first kappa shape index (κ1) is 14.6. The highest BCUT2D eigenvalue weighted by molar-refractivity contribution is 7.16. The van der Waals surface area contributed by atoms with E-state index in [0.29, 0.717) is 11.4 Å². The van der Waals surface area contributed by atoms with Crippen LogP contribution in [-0.4, -0.2) is 35.0 Å². The van der Waals surface area contributed by atoms with E-state index in [1.807, 2.05) is 26.0 Å². The van der Waals surface area contributed by atoms with Crippen LogP contribution in [0.2, 0.25) is 0 Å². The van der Waals surface area contributed by atoms with Crippen LogP contribution in [0.15, 0.2) is 30.7 Å². The second kappa shape index (κ2) is 7.12. The summed E-state index contributed by atoms with van der Waals surface area (Å²) in [6, 6.07) is 4.03. The van der Waals surface area contributed by atoms with Gasteiger partial charge in [0.25, 0.3) is 5.91 Å². The summed E-state index contributed by atoms with van der Waals surface area (Å²) in [5.74, 6) is -0.0763. The van der Waals surface area contributed by atoms with Crippen LogP contribution in [0.25, 0.3) is 10.6 Å². The first-order valence-electron chi connectivity index (χ1n) is 6.58. The number of pyridine rings is 1. The highest BCUT2D eigenvalue weighted by Gasteiger charge is 2.12. The van der Waals surface area contributed by atoms with Crippen molar-refractivity contribution in [2.75, 3.05) is 13.1 Å². The van der Waals surface area contributed by atoms with Crippen LogP contribution in [0.5, 0.6) is 0 Å². The quantitative estimate of drug-likeness (QED) is 0.853. The van der Waals surface area contributed by atoms with E-state index in [-0.39, 0.29) is 11.9 Å². The largest absolute Gasteiger partial charge is 0.350 e. The molecular weight excluding hydrogens is 272 g/mol. The Morgan fingerprint density at radius 1 is 1.40 bits per heavy atom. The molecule has 0 unspecified atom stereocenters. The van der Waals surface area contributed by atoms with Gasteiger partial charge >= 0.3 is 0 Å². The predicted molar refractivity (Wildman–Crippen MR) is 80.8 cm³/mol. The molecule has 1 amide bonds. The summed E-state index contributed by atoms with van der Waals surface area (Å²) in [5, 5.41) is 6.99. The zero-order chi connectivity index (χ0) is 14.4. The smallest absolute Gasteiger partial charge is 0.263 e. The second-order valence-electron chi connectivity index (χ2n) is 4.43. The van der Waals surface area contributed by atoms with Gasteiger partial charge in [-0.25, -0.2) is 4.98 Å². The minimum Gasteiger partial charge on any atom is -0.350 e. The minimum atomic E-state index is -0.0763. The normalized spacial score (nSPS) is 12.1. The molecule has 6 heteroatoms. The molecule has 106 valence electrons. The van der Waals surface area contributed by atoms with Crippen LogP contribution >= 0.6 is 11.3 Å². The number of carbonyl (C=O) groups is 1. The van der Waals surface area contributed by atoms with Crippen LogP contribution in [0.1, 0.15) is 23.5 Å². The van der Waals surface area contributed by atoms with Gasteiger partial charge < -0.3 is 10.6 Å². The molecule has 2 rings (SSSR count). The maximum atomic E-state index is 12.0. The Balaban J connectivity index is 1.97. The first-order valence-corrected chi connectivity index (χ1v) is 7.40.